The Labute approximate surface area is 109 Å². The van der Waals surface area contributed by atoms with Gasteiger partial charge >= 0.3 is 0 Å². The molecule has 0 radical (unpaired) electrons. The number of hydrogen-bond acceptors (Lipinski definition) is 3. The number of nitrogens with one attached hydrogen (secondary N) is 2. The van der Waals surface area contributed by atoms with E-state index >= 15 is 0 Å². The predicted octanol–water partition coefficient (Wildman–Crippen LogP) is 1.34. The van der Waals surface area contributed by atoms with Crippen LogP contribution in [0.15, 0.2) is 0 Å². The van der Waals surface area contributed by atoms with Crippen molar-refractivity contribution in [2.75, 3.05) is 20.6 Å². The van der Waals surface area contributed by atoms with Gasteiger partial charge in [-0.05, 0) is 33.9 Å². The van der Waals surface area contributed by atoms with Gasteiger partial charge in [0.05, 0.1) is 11.3 Å². The van der Waals surface area contributed by atoms with Gasteiger partial charge in [-0.2, -0.15) is 5.10 Å². The molecular weight excluding hydrogens is 228 g/mol. The summed E-state index contributed by atoms with van der Waals surface area (Å²) >= 11 is 0. The van der Waals surface area contributed by atoms with E-state index in [2.05, 4.69) is 34.3 Å². The van der Waals surface area contributed by atoms with E-state index in [0.29, 0.717) is 11.5 Å². The molecule has 0 saturated carbocycles. The first-order valence-corrected chi connectivity index (χ1v) is 6.30. The molecule has 0 aliphatic rings. The number of amides is 1. The molecule has 1 aromatic heterocycles. The Morgan fingerprint density at radius 1 is 1.39 bits per heavy atom. The molecule has 1 heterocycles. The van der Waals surface area contributed by atoms with Gasteiger partial charge in [0.2, 0.25) is 0 Å². The lowest BCUT2D eigenvalue weighted by molar-refractivity contribution is 0.0915. The van der Waals surface area contributed by atoms with Crippen molar-refractivity contribution >= 4 is 5.91 Å². The van der Waals surface area contributed by atoms with Crippen LogP contribution in [0, 0.1) is 19.8 Å². The van der Waals surface area contributed by atoms with E-state index in [1.807, 2.05) is 27.9 Å². The number of aromatic amines is 1. The Kier molecular flexibility index (Phi) is 4.90. The molecule has 0 aromatic carbocycles. The highest BCUT2D eigenvalue weighted by Crippen LogP contribution is 2.11. The molecular formula is C13H24N4O. The zero-order chi connectivity index (χ0) is 13.9. The van der Waals surface area contributed by atoms with Crippen molar-refractivity contribution in [1.82, 2.24) is 20.4 Å². The smallest absolute Gasteiger partial charge is 0.255 e. The van der Waals surface area contributed by atoms with Crippen LogP contribution < -0.4 is 5.32 Å². The van der Waals surface area contributed by atoms with Gasteiger partial charge in [0.15, 0.2) is 0 Å². The van der Waals surface area contributed by atoms with Crippen LogP contribution in [0.3, 0.4) is 0 Å². The minimum absolute atomic E-state index is 0.0423. The molecule has 1 aromatic rings. The molecule has 5 nitrogen and oxygen atoms in total. The van der Waals surface area contributed by atoms with Crippen LogP contribution in [0.5, 0.6) is 0 Å². The summed E-state index contributed by atoms with van der Waals surface area (Å²) in [7, 11) is 4.02. The minimum atomic E-state index is -0.0423. The van der Waals surface area contributed by atoms with E-state index in [1.54, 1.807) is 0 Å². The number of hydrogen-bond donors (Lipinski definition) is 2. The summed E-state index contributed by atoms with van der Waals surface area (Å²) in [5, 5.41) is 9.99. The van der Waals surface area contributed by atoms with E-state index in [9.17, 15) is 4.79 Å². The average Bonchev–Trinajstić information content (AvgIpc) is 2.56. The molecule has 1 unspecified atom stereocenters. The van der Waals surface area contributed by atoms with Gasteiger partial charge in [0.25, 0.3) is 5.91 Å². The van der Waals surface area contributed by atoms with Gasteiger partial charge in [0.1, 0.15) is 0 Å². The van der Waals surface area contributed by atoms with Crippen LogP contribution in [-0.2, 0) is 0 Å². The van der Waals surface area contributed by atoms with Gasteiger partial charge in [-0.3, -0.25) is 9.89 Å². The normalized spacial score (nSPS) is 13.1. The molecule has 102 valence electrons. The van der Waals surface area contributed by atoms with E-state index < -0.39 is 0 Å². The average molecular weight is 252 g/mol. The third kappa shape index (κ3) is 3.57. The molecule has 1 rings (SSSR count). The fourth-order valence-corrected chi connectivity index (χ4v) is 1.94. The van der Waals surface area contributed by atoms with E-state index in [-0.39, 0.29) is 11.9 Å². The Hall–Kier alpha value is -1.36. The van der Waals surface area contributed by atoms with Crippen molar-refractivity contribution in [3.63, 3.8) is 0 Å². The van der Waals surface area contributed by atoms with Crippen LogP contribution in [0.25, 0.3) is 0 Å². The van der Waals surface area contributed by atoms with Gasteiger partial charge in [-0.25, -0.2) is 0 Å². The summed E-state index contributed by atoms with van der Waals surface area (Å²) in [5.41, 5.74) is 2.23. The van der Waals surface area contributed by atoms with E-state index in [0.717, 1.165) is 17.9 Å². The molecule has 0 bridgehead atoms. The van der Waals surface area contributed by atoms with Gasteiger partial charge in [-0.1, -0.05) is 13.8 Å². The number of H-pyrrole nitrogens is 1. The van der Waals surface area contributed by atoms with Crippen molar-refractivity contribution in [3.05, 3.63) is 17.0 Å². The zero-order valence-corrected chi connectivity index (χ0v) is 12.2. The molecule has 1 amide bonds. The van der Waals surface area contributed by atoms with Crippen molar-refractivity contribution in [1.29, 1.82) is 0 Å². The summed E-state index contributed by atoms with van der Waals surface area (Å²) in [6.07, 6.45) is 0. The summed E-state index contributed by atoms with van der Waals surface area (Å²) in [4.78, 5) is 14.3. The molecule has 0 saturated heterocycles. The maximum Gasteiger partial charge on any atom is 0.255 e. The highest BCUT2D eigenvalue weighted by atomic mass is 16.1. The van der Waals surface area contributed by atoms with E-state index in [1.165, 1.54) is 0 Å². The quantitative estimate of drug-likeness (QED) is 0.831. The SMILES string of the molecule is Cc1n[nH]c(C)c1C(=O)NC(CN(C)C)C(C)C. The fraction of sp³-hybridized carbons (Fsp3) is 0.692. The lowest BCUT2D eigenvalue weighted by Crippen LogP contribution is -2.45. The van der Waals surface area contributed by atoms with Crippen molar-refractivity contribution in [2.24, 2.45) is 5.92 Å². The van der Waals surface area contributed by atoms with Crippen LogP contribution in [0.2, 0.25) is 0 Å². The number of carbonyl (C=O) groups is 1. The van der Waals surface area contributed by atoms with Crippen molar-refractivity contribution < 1.29 is 4.79 Å². The first-order valence-electron chi connectivity index (χ1n) is 6.30. The van der Waals surface area contributed by atoms with Crippen molar-refractivity contribution in [3.8, 4) is 0 Å². The highest BCUT2D eigenvalue weighted by Gasteiger charge is 2.21. The largest absolute Gasteiger partial charge is 0.348 e. The van der Waals surface area contributed by atoms with Gasteiger partial charge in [0, 0.05) is 18.3 Å². The summed E-state index contributed by atoms with van der Waals surface area (Å²) in [6, 6.07) is 0.140. The first kappa shape index (κ1) is 14.7. The summed E-state index contributed by atoms with van der Waals surface area (Å²) < 4.78 is 0. The Morgan fingerprint density at radius 2 is 2.00 bits per heavy atom. The predicted molar refractivity (Wildman–Crippen MR) is 72.7 cm³/mol. The van der Waals surface area contributed by atoms with Crippen LogP contribution >= 0.6 is 0 Å². The molecule has 0 aliphatic heterocycles. The van der Waals surface area contributed by atoms with Gasteiger partial charge in [-0.15, -0.1) is 0 Å². The number of carbonyl (C=O) groups excluding carboxylic acids is 1. The Morgan fingerprint density at radius 3 is 2.39 bits per heavy atom. The Balaban J connectivity index is 2.79. The maximum absolute atomic E-state index is 12.3. The van der Waals surface area contributed by atoms with Crippen LogP contribution in [0.4, 0.5) is 0 Å². The fourth-order valence-electron chi connectivity index (χ4n) is 1.94. The molecule has 0 fully saturated rings. The second-order valence-corrected chi connectivity index (χ2v) is 5.40. The molecule has 0 spiro atoms. The second-order valence-electron chi connectivity index (χ2n) is 5.40. The summed E-state index contributed by atoms with van der Waals surface area (Å²) in [6.45, 7) is 8.77. The molecule has 2 N–H and O–H groups in total. The standard InChI is InChI=1S/C13H24N4O/c1-8(2)11(7-17(5)6)14-13(18)12-9(3)15-16-10(12)4/h8,11H,7H2,1-6H3,(H,14,18)(H,15,16). The molecule has 1 atom stereocenters. The highest BCUT2D eigenvalue weighted by molar-refractivity contribution is 5.96. The number of aromatic nitrogens is 2. The number of aryl methyl sites for hydroxylation is 2. The van der Waals surface area contributed by atoms with Crippen LogP contribution in [-0.4, -0.2) is 47.7 Å². The maximum atomic E-state index is 12.3. The third-order valence-corrected chi connectivity index (χ3v) is 3.04. The lowest BCUT2D eigenvalue weighted by Gasteiger charge is -2.25. The second kappa shape index (κ2) is 6.00. The monoisotopic (exact) mass is 252 g/mol. The summed E-state index contributed by atoms with van der Waals surface area (Å²) in [5.74, 6) is 0.350. The Bertz CT molecular complexity index is 390. The number of nitrogens with zero attached hydrogens (tertiary/aromatic N) is 2. The third-order valence-electron chi connectivity index (χ3n) is 3.04. The topological polar surface area (TPSA) is 61.0 Å². The molecule has 18 heavy (non-hydrogen) atoms. The number of likely N-dealkylation sites (N-methyl/N-ethyl adjacent to an activating group) is 1. The molecule has 5 heteroatoms. The first-order chi connectivity index (χ1) is 8.32. The number of rotatable bonds is 5. The van der Waals surface area contributed by atoms with Crippen molar-refractivity contribution in [2.45, 2.75) is 33.7 Å². The molecule has 0 aliphatic carbocycles. The minimum Gasteiger partial charge on any atom is -0.348 e. The lowest BCUT2D eigenvalue weighted by atomic mass is 10.0. The van der Waals surface area contributed by atoms with E-state index in [4.69, 9.17) is 0 Å². The van der Waals surface area contributed by atoms with Crippen LogP contribution in [0.1, 0.15) is 35.6 Å². The van der Waals surface area contributed by atoms with Gasteiger partial charge < -0.3 is 10.2 Å². The zero-order valence-electron chi connectivity index (χ0n) is 12.2.